The van der Waals surface area contributed by atoms with Crippen molar-refractivity contribution in [3.8, 4) is 5.75 Å². The van der Waals surface area contributed by atoms with Gasteiger partial charge in [-0.1, -0.05) is 5.21 Å². The summed E-state index contributed by atoms with van der Waals surface area (Å²) in [6, 6.07) is 6.05. The standard InChI is InChI=1S/C14H17FN4O3S.ClH/c1-23(20,21)14-4-2-13(3-5-14)22-10-12-9-19(18-17-12)8-11(15)6-7-16;/h2-6,9H,7-8,10,16H2,1H3;1H/b11-6-;. The Balaban J connectivity index is 0.00000288. The number of rotatable bonds is 7. The minimum atomic E-state index is -3.23. The summed E-state index contributed by atoms with van der Waals surface area (Å²) in [6.07, 6.45) is 3.97. The lowest BCUT2D eigenvalue weighted by atomic mass is 10.3. The smallest absolute Gasteiger partial charge is 0.175 e. The minimum Gasteiger partial charge on any atom is -0.487 e. The summed E-state index contributed by atoms with van der Waals surface area (Å²) in [4.78, 5) is 0.220. The van der Waals surface area contributed by atoms with Crippen LogP contribution in [0.3, 0.4) is 0 Å². The van der Waals surface area contributed by atoms with Crippen molar-refractivity contribution in [3.63, 3.8) is 0 Å². The number of ether oxygens (including phenoxy) is 1. The van der Waals surface area contributed by atoms with Gasteiger partial charge in [0.1, 0.15) is 23.9 Å². The van der Waals surface area contributed by atoms with E-state index in [1.807, 2.05) is 0 Å². The molecule has 0 amide bonds. The summed E-state index contributed by atoms with van der Waals surface area (Å²) in [5.74, 6) is 0.113. The zero-order valence-corrected chi connectivity index (χ0v) is 14.6. The van der Waals surface area contributed by atoms with Gasteiger partial charge in [-0.3, -0.25) is 0 Å². The van der Waals surface area contributed by atoms with Crippen LogP contribution in [-0.2, 0) is 23.0 Å². The number of nitrogens with zero attached hydrogens (tertiary/aromatic N) is 3. The molecule has 0 spiro atoms. The van der Waals surface area contributed by atoms with E-state index in [1.165, 1.54) is 22.9 Å². The average Bonchev–Trinajstić information content (AvgIpc) is 2.92. The van der Waals surface area contributed by atoms with Crippen LogP contribution in [-0.4, -0.2) is 36.2 Å². The van der Waals surface area contributed by atoms with Crippen molar-refractivity contribution >= 4 is 22.2 Å². The summed E-state index contributed by atoms with van der Waals surface area (Å²) in [5, 5.41) is 7.65. The van der Waals surface area contributed by atoms with Crippen LogP contribution in [0.5, 0.6) is 5.75 Å². The van der Waals surface area contributed by atoms with Crippen LogP contribution in [0.25, 0.3) is 0 Å². The van der Waals surface area contributed by atoms with E-state index in [2.05, 4.69) is 10.3 Å². The molecular formula is C14H18ClFN4O3S. The van der Waals surface area contributed by atoms with Crippen LogP contribution < -0.4 is 10.5 Å². The minimum absolute atomic E-state index is 0. The maximum absolute atomic E-state index is 13.3. The third-order valence-electron chi connectivity index (χ3n) is 2.88. The number of benzene rings is 1. The van der Waals surface area contributed by atoms with E-state index in [-0.39, 0.29) is 42.8 Å². The van der Waals surface area contributed by atoms with Gasteiger partial charge in [-0.15, -0.1) is 17.5 Å². The van der Waals surface area contributed by atoms with Crippen molar-refractivity contribution in [2.45, 2.75) is 18.0 Å². The first-order valence-electron chi connectivity index (χ1n) is 6.75. The number of aromatic nitrogens is 3. The Morgan fingerprint density at radius 3 is 2.62 bits per heavy atom. The normalized spacial score (nSPS) is 11.9. The third-order valence-corrected chi connectivity index (χ3v) is 4.01. The molecule has 2 rings (SSSR count). The van der Waals surface area contributed by atoms with E-state index >= 15 is 0 Å². The van der Waals surface area contributed by atoms with Gasteiger partial charge in [0.25, 0.3) is 0 Å². The van der Waals surface area contributed by atoms with E-state index in [4.69, 9.17) is 10.5 Å². The van der Waals surface area contributed by atoms with Gasteiger partial charge in [0.2, 0.25) is 0 Å². The van der Waals surface area contributed by atoms with Crippen molar-refractivity contribution in [2.75, 3.05) is 12.8 Å². The molecule has 10 heteroatoms. The Hall–Kier alpha value is -1.97. The molecule has 7 nitrogen and oxygen atoms in total. The zero-order chi connectivity index (χ0) is 16.9. The van der Waals surface area contributed by atoms with E-state index in [9.17, 15) is 12.8 Å². The molecule has 1 heterocycles. The van der Waals surface area contributed by atoms with Gasteiger partial charge in [-0.05, 0) is 30.3 Å². The molecule has 1 aromatic heterocycles. The first-order chi connectivity index (χ1) is 10.9. The van der Waals surface area contributed by atoms with Crippen molar-refractivity contribution in [1.82, 2.24) is 15.0 Å². The Morgan fingerprint density at radius 2 is 2.04 bits per heavy atom. The highest BCUT2D eigenvalue weighted by molar-refractivity contribution is 7.90. The number of halogens is 2. The first kappa shape index (κ1) is 20.1. The molecule has 2 N–H and O–H groups in total. The first-order valence-corrected chi connectivity index (χ1v) is 8.64. The fourth-order valence-corrected chi connectivity index (χ4v) is 2.40. The predicted octanol–water partition coefficient (Wildman–Crippen LogP) is 1.49. The maximum Gasteiger partial charge on any atom is 0.175 e. The molecular weight excluding hydrogens is 359 g/mol. The Labute approximate surface area is 145 Å². The summed E-state index contributed by atoms with van der Waals surface area (Å²) in [7, 11) is -3.23. The van der Waals surface area contributed by atoms with Gasteiger partial charge in [-0.25, -0.2) is 17.5 Å². The van der Waals surface area contributed by atoms with Crippen molar-refractivity contribution in [3.05, 3.63) is 48.1 Å². The predicted molar refractivity (Wildman–Crippen MR) is 89.4 cm³/mol. The molecule has 0 saturated heterocycles. The number of hydrogen-bond acceptors (Lipinski definition) is 6. The molecule has 0 aliphatic carbocycles. The fraction of sp³-hybridized carbons (Fsp3) is 0.286. The summed E-state index contributed by atoms with van der Waals surface area (Å²) < 4.78 is 42.8. The van der Waals surface area contributed by atoms with E-state index in [0.717, 1.165) is 6.26 Å². The molecule has 1 aromatic carbocycles. The van der Waals surface area contributed by atoms with Crippen LogP contribution in [0.1, 0.15) is 5.69 Å². The lowest BCUT2D eigenvalue weighted by Gasteiger charge is -2.04. The average molecular weight is 377 g/mol. The fourth-order valence-electron chi connectivity index (χ4n) is 1.77. The van der Waals surface area contributed by atoms with Crippen LogP contribution in [0.15, 0.2) is 47.3 Å². The van der Waals surface area contributed by atoms with Gasteiger partial charge in [0.15, 0.2) is 9.84 Å². The molecule has 132 valence electrons. The molecule has 0 atom stereocenters. The van der Waals surface area contributed by atoms with E-state index < -0.39 is 9.84 Å². The summed E-state index contributed by atoms with van der Waals surface area (Å²) in [5.41, 5.74) is 5.74. The van der Waals surface area contributed by atoms with Crippen LogP contribution in [0, 0.1) is 0 Å². The lowest BCUT2D eigenvalue weighted by Crippen LogP contribution is -2.02. The monoisotopic (exact) mass is 376 g/mol. The molecule has 0 bridgehead atoms. The highest BCUT2D eigenvalue weighted by Gasteiger charge is 2.07. The molecule has 0 fully saturated rings. The molecule has 0 saturated carbocycles. The second-order valence-corrected chi connectivity index (χ2v) is 6.84. The topological polar surface area (TPSA) is 100 Å². The third kappa shape index (κ3) is 5.91. The number of hydrogen-bond donors (Lipinski definition) is 1. The zero-order valence-electron chi connectivity index (χ0n) is 12.9. The number of sulfone groups is 1. The highest BCUT2D eigenvalue weighted by Crippen LogP contribution is 2.16. The molecule has 0 radical (unpaired) electrons. The Morgan fingerprint density at radius 1 is 1.38 bits per heavy atom. The Bertz CT molecular complexity index is 791. The maximum atomic E-state index is 13.3. The number of nitrogens with two attached hydrogens (primary N) is 1. The summed E-state index contributed by atoms with van der Waals surface area (Å²) >= 11 is 0. The molecule has 0 aliphatic rings. The molecule has 24 heavy (non-hydrogen) atoms. The van der Waals surface area contributed by atoms with Crippen molar-refractivity contribution in [1.29, 1.82) is 0 Å². The van der Waals surface area contributed by atoms with Gasteiger partial charge in [0, 0.05) is 12.8 Å². The van der Waals surface area contributed by atoms with Crippen molar-refractivity contribution in [2.24, 2.45) is 5.73 Å². The van der Waals surface area contributed by atoms with Crippen LogP contribution in [0.4, 0.5) is 4.39 Å². The van der Waals surface area contributed by atoms with Gasteiger partial charge in [-0.2, -0.15) is 0 Å². The van der Waals surface area contributed by atoms with Crippen LogP contribution in [0.2, 0.25) is 0 Å². The number of allylic oxidation sites excluding steroid dienone is 1. The second-order valence-electron chi connectivity index (χ2n) is 4.83. The highest BCUT2D eigenvalue weighted by atomic mass is 35.5. The van der Waals surface area contributed by atoms with E-state index in [0.29, 0.717) is 11.4 Å². The van der Waals surface area contributed by atoms with E-state index in [1.54, 1.807) is 18.3 Å². The quantitative estimate of drug-likeness (QED) is 0.785. The lowest BCUT2D eigenvalue weighted by molar-refractivity contribution is 0.301. The van der Waals surface area contributed by atoms with Gasteiger partial charge < -0.3 is 10.5 Å². The van der Waals surface area contributed by atoms with Gasteiger partial charge in [0.05, 0.1) is 17.6 Å². The summed E-state index contributed by atoms with van der Waals surface area (Å²) in [6.45, 7) is 0.230. The molecule has 2 aromatic rings. The molecule has 0 aliphatic heterocycles. The molecule has 0 unspecified atom stereocenters. The van der Waals surface area contributed by atoms with Gasteiger partial charge >= 0.3 is 0 Å². The SMILES string of the molecule is CS(=O)(=O)c1ccc(OCc2cn(C/C(F)=C/CN)nn2)cc1.Cl. The van der Waals surface area contributed by atoms with Crippen LogP contribution >= 0.6 is 12.4 Å². The second kappa shape index (κ2) is 8.76. The Kier molecular flexibility index (Phi) is 7.33. The van der Waals surface area contributed by atoms with Crippen molar-refractivity contribution < 1.29 is 17.5 Å². The largest absolute Gasteiger partial charge is 0.487 e.